The second kappa shape index (κ2) is 5.14. The van der Waals surface area contributed by atoms with Crippen LogP contribution in [0.15, 0.2) is 30.3 Å². The quantitative estimate of drug-likeness (QED) is 0.633. The molecule has 1 aromatic carbocycles. The van der Waals surface area contributed by atoms with E-state index in [1.807, 2.05) is 6.07 Å². The number of ketones is 1. The van der Waals surface area contributed by atoms with E-state index < -0.39 is 0 Å². The van der Waals surface area contributed by atoms with Crippen LogP contribution in [0.2, 0.25) is 0 Å². The molecule has 0 unspecified atom stereocenters. The van der Waals surface area contributed by atoms with Crippen molar-refractivity contribution in [3.05, 3.63) is 35.9 Å². The molecule has 2 bridgehead atoms. The Balaban J connectivity index is 1.68. The Morgan fingerprint density at radius 2 is 1.79 bits per heavy atom. The number of rotatable bonds is 4. The van der Waals surface area contributed by atoms with Gasteiger partial charge in [-0.3, -0.25) is 4.79 Å². The van der Waals surface area contributed by atoms with Crippen LogP contribution in [0, 0.1) is 0 Å². The molecular weight excluding hydrogens is 351 g/mol. The molecule has 0 atom stereocenters. The van der Waals surface area contributed by atoms with Crippen molar-refractivity contribution < 1.29 is 4.79 Å². The second-order valence-electron chi connectivity index (χ2n) is 5.90. The number of fused-ring (bicyclic) bond motifs is 3. The predicted octanol–water partition coefficient (Wildman–Crippen LogP) is 2.74. The van der Waals surface area contributed by atoms with E-state index >= 15 is 0 Å². The summed E-state index contributed by atoms with van der Waals surface area (Å²) in [4.78, 5) is 12.3. The summed E-state index contributed by atoms with van der Waals surface area (Å²) >= 11 is 2.14. The molecule has 0 aliphatic heterocycles. The van der Waals surface area contributed by atoms with E-state index in [0.717, 1.165) is 32.2 Å². The number of hydrogen-bond donors (Lipinski definition) is 2. The third-order valence-electron chi connectivity index (χ3n) is 4.78. The molecule has 3 aliphatic carbocycles. The maximum atomic E-state index is 12.3. The molecule has 0 amide bonds. The minimum atomic E-state index is -0.225. The number of carbonyl (C=O) groups excluding carboxylic acids is 1. The lowest BCUT2D eigenvalue weighted by Crippen LogP contribution is -2.65. The third-order valence-corrected chi connectivity index (χ3v) is 5.82. The van der Waals surface area contributed by atoms with Gasteiger partial charge in [0.05, 0.1) is 5.54 Å². The molecular formula is C15H19IN2O. The predicted molar refractivity (Wildman–Crippen MR) is 84.0 cm³/mol. The Bertz CT molecular complexity index is 466. The molecule has 0 spiro atoms. The van der Waals surface area contributed by atoms with E-state index in [2.05, 4.69) is 56.0 Å². The van der Waals surface area contributed by atoms with Crippen LogP contribution in [0.3, 0.4) is 0 Å². The van der Waals surface area contributed by atoms with Crippen LogP contribution in [0.4, 0.5) is 0 Å². The fraction of sp³-hybridized carbons (Fsp3) is 0.533. The lowest BCUT2D eigenvalue weighted by molar-refractivity contribution is -0.133. The molecule has 102 valence electrons. The van der Waals surface area contributed by atoms with E-state index in [1.165, 1.54) is 5.56 Å². The van der Waals surface area contributed by atoms with Crippen molar-refractivity contribution in [2.45, 2.75) is 49.7 Å². The average molecular weight is 370 g/mol. The lowest BCUT2D eigenvalue weighted by atomic mass is 9.61. The fourth-order valence-electron chi connectivity index (χ4n) is 3.36. The number of benzene rings is 1. The summed E-state index contributed by atoms with van der Waals surface area (Å²) in [5.74, 6) is 0.389. The molecule has 0 aromatic heterocycles. The summed E-state index contributed by atoms with van der Waals surface area (Å²) < 4.78 is 3.24. The molecule has 4 heteroatoms. The number of Topliss-reactive ketones (excluding diaryl/α,β-unsaturated/α-hetero) is 1. The van der Waals surface area contributed by atoms with E-state index in [9.17, 15) is 4.79 Å². The maximum absolute atomic E-state index is 12.3. The SMILES string of the molecule is O=C1CC2(NCc3ccccc3)CCC1(NI)CC2. The Kier molecular flexibility index (Phi) is 3.66. The molecule has 3 fully saturated rings. The van der Waals surface area contributed by atoms with Crippen LogP contribution in [0.5, 0.6) is 0 Å². The summed E-state index contributed by atoms with van der Waals surface area (Å²) in [5, 5.41) is 3.66. The van der Waals surface area contributed by atoms with Gasteiger partial charge in [0, 0.05) is 41.4 Å². The largest absolute Gasteiger partial charge is 0.307 e. The highest BCUT2D eigenvalue weighted by molar-refractivity contribution is 14.1. The van der Waals surface area contributed by atoms with E-state index in [0.29, 0.717) is 12.2 Å². The Hall–Kier alpha value is -0.460. The molecule has 3 nitrogen and oxygen atoms in total. The standard InChI is InChI=1S/C15H19IN2O/c16-18-15-8-6-14(7-9-15,10-13(15)19)17-11-12-4-2-1-3-5-12/h1-5,17-18H,6-11H2. The summed E-state index contributed by atoms with van der Waals surface area (Å²) in [6, 6.07) is 10.4. The fourth-order valence-corrected chi connectivity index (χ4v) is 4.20. The Morgan fingerprint density at radius 1 is 1.11 bits per heavy atom. The smallest absolute Gasteiger partial charge is 0.155 e. The lowest BCUT2D eigenvalue weighted by Gasteiger charge is -2.52. The zero-order chi connectivity index (χ0) is 13.3. The average Bonchev–Trinajstić information content (AvgIpc) is 2.48. The van der Waals surface area contributed by atoms with Crippen molar-refractivity contribution in [2.24, 2.45) is 0 Å². The van der Waals surface area contributed by atoms with Gasteiger partial charge in [0.1, 0.15) is 0 Å². The van der Waals surface area contributed by atoms with Crippen LogP contribution in [-0.4, -0.2) is 16.9 Å². The summed E-state index contributed by atoms with van der Waals surface area (Å²) in [5.41, 5.74) is 1.11. The first-order valence-corrected chi connectivity index (χ1v) is 7.96. The van der Waals surface area contributed by atoms with E-state index in [4.69, 9.17) is 0 Å². The summed E-state index contributed by atoms with van der Waals surface area (Å²) in [7, 11) is 0. The molecule has 0 heterocycles. The normalized spacial score (nSPS) is 33.6. The molecule has 3 aliphatic rings. The van der Waals surface area contributed by atoms with Crippen molar-refractivity contribution in [1.29, 1.82) is 0 Å². The topological polar surface area (TPSA) is 41.1 Å². The maximum Gasteiger partial charge on any atom is 0.155 e. The number of halogens is 1. The summed E-state index contributed by atoms with van der Waals surface area (Å²) in [6.45, 7) is 0.860. The molecule has 19 heavy (non-hydrogen) atoms. The van der Waals surface area contributed by atoms with Gasteiger partial charge < -0.3 is 5.32 Å². The highest BCUT2D eigenvalue weighted by Crippen LogP contribution is 2.45. The van der Waals surface area contributed by atoms with Gasteiger partial charge in [-0.15, -0.1) is 0 Å². The van der Waals surface area contributed by atoms with Crippen LogP contribution in [-0.2, 0) is 11.3 Å². The molecule has 0 radical (unpaired) electrons. The molecule has 1 aromatic rings. The van der Waals surface area contributed by atoms with Crippen LogP contribution in [0.1, 0.15) is 37.7 Å². The van der Waals surface area contributed by atoms with Crippen LogP contribution < -0.4 is 8.85 Å². The number of carbonyl (C=O) groups is 1. The molecule has 2 N–H and O–H groups in total. The van der Waals surface area contributed by atoms with Crippen molar-refractivity contribution in [3.63, 3.8) is 0 Å². The summed E-state index contributed by atoms with van der Waals surface area (Å²) in [6.07, 6.45) is 4.81. The minimum Gasteiger partial charge on any atom is -0.307 e. The van der Waals surface area contributed by atoms with Gasteiger partial charge >= 0.3 is 0 Å². The highest BCUT2D eigenvalue weighted by atomic mass is 127. The first kappa shape index (κ1) is 13.5. The Morgan fingerprint density at radius 3 is 2.37 bits per heavy atom. The van der Waals surface area contributed by atoms with Crippen molar-refractivity contribution in [3.8, 4) is 0 Å². The zero-order valence-corrected chi connectivity index (χ0v) is 13.1. The van der Waals surface area contributed by atoms with Gasteiger partial charge in [0.15, 0.2) is 5.78 Å². The third kappa shape index (κ3) is 2.45. The van der Waals surface area contributed by atoms with Crippen molar-refractivity contribution in [2.75, 3.05) is 0 Å². The van der Waals surface area contributed by atoms with Crippen molar-refractivity contribution in [1.82, 2.24) is 8.85 Å². The molecule has 0 saturated heterocycles. The number of hydrogen-bond acceptors (Lipinski definition) is 3. The van der Waals surface area contributed by atoms with Gasteiger partial charge in [-0.2, -0.15) is 0 Å². The van der Waals surface area contributed by atoms with Crippen LogP contribution in [0.25, 0.3) is 0 Å². The van der Waals surface area contributed by atoms with E-state index in [-0.39, 0.29) is 11.1 Å². The zero-order valence-electron chi connectivity index (χ0n) is 10.9. The van der Waals surface area contributed by atoms with Gasteiger partial charge in [0.2, 0.25) is 0 Å². The number of nitrogens with one attached hydrogen (secondary N) is 2. The molecule has 3 saturated carbocycles. The van der Waals surface area contributed by atoms with Crippen molar-refractivity contribution >= 4 is 28.6 Å². The first-order chi connectivity index (χ1) is 9.18. The van der Waals surface area contributed by atoms with Gasteiger partial charge in [-0.25, -0.2) is 3.53 Å². The second-order valence-corrected chi connectivity index (χ2v) is 6.44. The van der Waals surface area contributed by atoms with Gasteiger partial charge in [-0.1, -0.05) is 30.3 Å². The monoisotopic (exact) mass is 370 g/mol. The Labute approximate surface area is 128 Å². The van der Waals surface area contributed by atoms with Crippen LogP contribution >= 0.6 is 22.9 Å². The van der Waals surface area contributed by atoms with E-state index in [1.54, 1.807) is 0 Å². The van der Waals surface area contributed by atoms with Gasteiger partial charge in [0.25, 0.3) is 0 Å². The first-order valence-electron chi connectivity index (χ1n) is 6.88. The highest BCUT2D eigenvalue weighted by Gasteiger charge is 2.53. The molecule has 4 rings (SSSR count). The minimum absolute atomic E-state index is 0.0438. The van der Waals surface area contributed by atoms with Gasteiger partial charge in [-0.05, 0) is 31.2 Å².